The van der Waals surface area contributed by atoms with Crippen molar-refractivity contribution in [2.45, 2.75) is 19.4 Å². The molecule has 0 unspecified atom stereocenters. The maximum atomic E-state index is 9.33. The number of aliphatic hydroxyl groups is 2. The molecule has 0 fully saturated rings. The molecule has 10 heavy (non-hydrogen) atoms. The second kappa shape index (κ2) is 3.17. The van der Waals surface area contributed by atoms with Gasteiger partial charge < -0.3 is 10.2 Å². The molecule has 0 heterocycles. The van der Waals surface area contributed by atoms with E-state index in [1.807, 2.05) is 12.2 Å². The molecule has 0 radical (unpaired) electrons. The predicted octanol–water partition coefficient (Wildman–Crippen LogP) is 0.552. The molecule has 0 aromatic carbocycles. The largest absolute Gasteiger partial charge is 0.396 e. The first-order valence-electron chi connectivity index (χ1n) is 3.71. The van der Waals surface area contributed by atoms with Crippen LogP contribution in [0.25, 0.3) is 0 Å². The highest BCUT2D eigenvalue weighted by atomic mass is 16.3. The van der Waals surface area contributed by atoms with Gasteiger partial charge in [0.25, 0.3) is 0 Å². The van der Waals surface area contributed by atoms with Gasteiger partial charge in [-0.1, -0.05) is 19.1 Å². The van der Waals surface area contributed by atoms with Crippen molar-refractivity contribution in [2.75, 3.05) is 6.61 Å². The fourth-order valence-corrected chi connectivity index (χ4v) is 1.28. The van der Waals surface area contributed by atoms with E-state index in [9.17, 15) is 5.11 Å². The molecule has 0 bridgehead atoms. The zero-order valence-electron chi connectivity index (χ0n) is 6.20. The first-order chi connectivity index (χ1) is 4.74. The van der Waals surface area contributed by atoms with Crippen molar-refractivity contribution in [3.05, 3.63) is 12.2 Å². The van der Waals surface area contributed by atoms with Crippen LogP contribution in [0.1, 0.15) is 13.3 Å². The minimum Gasteiger partial charge on any atom is -0.396 e. The molecule has 1 aliphatic carbocycles. The van der Waals surface area contributed by atoms with Crippen LogP contribution in [0.2, 0.25) is 0 Å². The molecular formula is C8H14O2. The van der Waals surface area contributed by atoms with Crippen LogP contribution in [-0.2, 0) is 0 Å². The first kappa shape index (κ1) is 7.76. The van der Waals surface area contributed by atoms with E-state index in [2.05, 4.69) is 6.92 Å². The highest BCUT2D eigenvalue weighted by Crippen LogP contribution is 2.21. The van der Waals surface area contributed by atoms with Crippen LogP contribution in [0.5, 0.6) is 0 Å². The van der Waals surface area contributed by atoms with E-state index in [4.69, 9.17) is 5.11 Å². The molecule has 0 amide bonds. The summed E-state index contributed by atoms with van der Waals surface area (Å²) in [5.74, 6) is 0.425. The summed E-state index contributed by atoms with van der Waals surface area (Å²) in [6.45, 7) is 2.12. The summed E-state index contributed by atoms with van der Waals surface area (Å²) >= 11 is 0. The lowest BCUT2D eigenvalue weighted by molar-refractivity contribution is 0.0706. The highest BCUT2D eigenvalue weighted by Gasteiger charge is 2.21. The third-order valence-electron chi connectivity index (χ3n) is 2.01. The van der Waals surface area contributed by atoms with Crippen molar-refractivity contribution in [1.82, 2.24) is 0 Å². The number of hydrogen-bond donors (Lipinski definition) is 2. The Balaban J connectivity index is 2.53. The molecule has 2 heteroatoms. The molecule has 58 valence electrons. The van der Waals surface area contributed by atoms with E-state index >= 15 is 0 Å². The van der Waals surface area contributed by atoms with Crippen LogP contribution >= 0.6 is 0 Å². The number of hydrogen-bond acceptors (Lipinski definition) is 2. The van der Waals surface area contributed by atoms with Gasteiger partial charge in [0.05, 0.1) is 12.7 Å². The standard InChI is InChI=1S/C8H14O2/c1-6-2-3-7(5-9)8(10)4-6/h2-3,6-10H,4-5H2,1H3/t6-,7-,8+/m0/s1. The van der Waals surface area contributed by atoms with Gasteiger partial charge in [-0.25, -0.2) is 0 Å². The summed E-state index contributed by atoms with van der Waals surface area (Å²) in [4.78, 5) is 0. The van der Waals surface area contributed by atoms with E-state index in [1.165, 1.54) is 0 Å². The third kappa shape index (κ3) is 1.58. The van der Waals surface area contributed by atoms with Crippen LogP contribution in [0, 0.1) is 11.8 Å². The van der Waals surface area contributed by atoms with Gasteiger partial charge in [-0.2, -0.15) is 0 Å². The van der Waals surface area contributed by atoms with Gasteiger partial charge >= 0.3 is 0 Å². The van der Waals surface area contributed by atoms with E-state index in [1.54, 1.807) is 0 Å². The predicted molar refractivity (Wildman–Crippen MR) is 39.5 cm³/mol. The van der Waals surface area contributed by atoms with Gasteiger partial charge in [0.15, 0.2) is 0 Å². The molecule has 1 aliphatic rings. The van der Waals surface area contributed by atoms with Crippen LogP contribution in [0.3, 0.4) is 0 Å². The van der Waals surface area contributed by atoms with Crippen LogP contribution in [0.4, 0.5) is 0 Å². The van der Waals surface area contributed by atoms with Crippen LogP contribution < -0.4 is 0 Å². The number of aliphatic hydroxyl groups excluding tert-OH is 2. The smallest absolute Gasteiger partial charge is 0.0630 e. The van der Waals surface area contributed by atoms with Gasteiger partial charge in [0.2, 0.25) is 0 Å². The van der Waals surface area contributed by atoms with E-state index in [0.717, 1.165) is 6.42 Å². The Morgan fingerprint density at radius 1 is 1.50 bits per heavy atom. The second-order valence-electron chi connectivity index (χ2n) is 3.01. The minimum absolute atomic E-state index is 0.0313. The van der Waals surface area contributed by atoms with Gasteiger partial charge in [-0.15, -0.1) is 0 Å². The number of allylic oxidation sites excluding steroid dienone is 1. The topological polar surface area (TPSA) is 40.5 Å². The summed E-state index contributed by atoms with van der Waals surface area (Å²) < 4.78 is 0. The molecule has 1 rings (SSSR count). The van der Waals surface area contributed by atoms with Crippen molar-refractivity contribution >= 4 is 0 Å². The van der Waals surface area contributed by atoms with Gasteiger partial charge in [-0.3, -0.25) is 0 Å². The first-order valence-corrected chi connectivity index (χ1v) is 3.71. The van der Waals surface area contributed by atoms with Crippen molar-refractivity contribution in [1.29, 1.82) is 0 Å². The Kier molecular flexibility index (Phi) is 2.46. The quantitative estimate of drug-likeness (QED) is 0.525. The molecule has 2 nitrogen and oxygen atoms in total. The highest BCUT2D eigenvalue weighted by molar-refractivity contribution is 5.00. The third-order valence-corrected chi connectivity index (χ3v) is 2.01. The zero-order valence-corrected chi connectivity index (χ0v) is 6.20. The molecule has 0 aliphatic heterocycles. The summed E-state index contributed by atoms with van der Waals surface area (Å²) in [7, 11) is 0. The normalized spacial score (nSPS) is 40.1. The van der Waals surface area contributed by atoms with Crippen LogP contribution in [-0.4, -0.2) is 22.9 Å². The lowest BCUT2D eigenvalue weighted by atomic mass is 9.87. The Morgan fingerprint density at radius 3 is 2.70 bits per heavy atom. The van der Waals surface area contributed by atoms with Crippen molar-refractivity contribution < 1.29 is 10.2 Å². The molecule has 0 aromatic rings. The summed E-state index contributed by atoms with van der Waals surface area (Å²) in [5, 5.41) is 18.1. The van der Waals surface area contributed by atoms with Crippen molar-refractivity contribution in [3.63, 3.8) is 0 Å². The fraction of sp³-hybridized carbons (Fsp3) is 0.750. The number of rotatable bonds is 1. The Bertz CT molecular complexity index is 131. The molecule has 0 saturated carbocycles. The second-order valence-corrected chi connectivity index (χ2v) is 3.01. The van der Waals surface area contributed by atoms with E-state index in [-0.39, 0.29) is 18.6 Å². The average Bonchev–Trinajstić information content (AvgIpc) is 1.88. The molecule has 2 N–H and O–H groups in total. The summed E-state index contributed by atoms with van der Waals surface area (Å²) in [6, 6.07) is 0. The molecular weight excluding hydrogens is 128 g/mol. The molecule has 0 saturated heterocycles. The van der Waals surface area contributed by atoms with Crippen molar-refractivity contribution in [3.8, 4) is 0 Å². The van der Waals surface area contributed by atoms with E-state index in [0.29, 0.717) is 5.92 Å². The lowest BCUT2D eigenvalue weighted by Crippen LogP contribution is -2.26. The summed E-state index contributed by atoms with van der Waals surface area (Å²) in [5.41, 5.74) is 0. The van der Waals surface area contributed by atoms with Gasteiger partial charge in [0.1, 0.15) is 0 Å². The maximum absolute atomic E-state index is 9.33. The lowest BCUT2D eigenvalue weighted by Gasteiger charge is -2.24. The SMILES string of the molecule is C[C@H]1C=C[C@@H](CO)[C@H](O)C1. The monoisotopic (exact) mass is 142 g/mol. The molecule has 0 spiro atoms. The van der Waals surface area contributed by atoms with E-state index < -0.39 is 0 Å². The summed E-state index contributed by atoms with van der Waals surface area (Å²) in [6.07, 6.45) is 4.39. The van der Waals surface area contributed by atoms with Gasteiger partial charge in [0, 0.05) is 5.92 Å². The van der Waals surface area contributed by atoms with Crippen molar-refractivity contribution in [2.24, 2.45) is 11.8 Å². The van der Waals surface area contributed by atoms with Gasteiger partial charge in [-0.05, 0) is 12.3 Å². The maximum Gasteiger partial charge on any atom is 0.0630 e. The Morgan fingerprint density at radius 2 is 2.20 bits per heavy atom. The minimum atomic E-state index is -0.343. The molecule has 0 aromatic heterocycles. The average molecular weight is 142 g/mol. The fourth-order valence-electron chi connectivity index (χ4n) is 1.28. The zero-order chi connectivity index (χ0) is 7.56. The van der Waals surface area contributed by atoms with Crippen LogP contribution in [0.15, 0.2) is 12.2 Å². The molecule has 3 atom stereocenters. The Hall–Kier alpha value is -0.340. The Labute approximate surface area is 61.2 Å².